The number of anilines is 1. The maximum Gasteiger partial charge on any atom is 0.277 e. The van der Waals surface area contributed by atoms with Gasteiger partial charge in [-0.2, -0.15) is 0 Å². The lowest BCUT2D eigenvalue weighted by molar-refractivity contribution is -0.385. The number of ether oxygens (including phenoxy) is 1. The number of aliphatic hydroxyl groups is 1. The number of aliphatic hydroxyl groups excluding tert-OH is 1. The molecule has 112 valence electrons. The summed E-state index contributed by atoms with van der Waals surface area (Å²) in [6, 6.07) is 11.9. The Bertz CT molecular complexity index is 740. The Kier molecular flexibility index (Phi) is 3.52. The van der Waals surface area contributed by atoms with E-state index in [4.69, 9.17) is 4.74 Å². The minimum atomic E-state index is -0.978. The molecule has 0 aromatic heterocycles. The minimum absolute atomic E-state index is 0.0119. The molecular weight excluding hydrogens is 284 g/mol. The topological polar surface area (TPSA) is 75.8 Å². The third-order valence-corrected chi connectivity index (χ3v) is 3.63. The molecule has 6 nitrogen and oxygen atoms in total. The van der Waals surface area contributed by atoms with Crippen LogP contribution in [0.2, 0.25) is 0 Å². The van der Waals surface area contributed by atoms with Crippen molar-refractivity contribution in [2.24, 2.45) is 0 Å². The van der Waals surface area contributed by atoms with E-state index in [9.17, 15) is 15.2 Å². The highest BCUT2D eigenvalue weighted by Crippen LogP contribution is 2.36. The average molecular weight is 298 g/mol. The lowest BCUT2D eigenvalue weighted by atomic mass is 10.00. The van der Waals surface area contributed by atoms with Crippen LogP contribution in [0.3, 0.4) is 0 Å². The summed E-state index contributed by atoms with van der Waals surface area (Å²) in [5.41, 5.74) is 1.70. The van der Waals surface area contributed by atoms with Crippen molar-refractivity contribution in [2.75, 3.05) is 12.0 Å². The number of nitrogens with zero attached hydrogens (tertiary/aromatic N) is 2. The van der Waals surface area contributed by atoms with Gasteiger partial charge in [-0.05, 0) is 30.3 Å². The maximum absolute atomic E-state index is 11.1. The molecule has 22 heavy (non-hydrogen) atoms. The minimum Gasteiger partial charge on any atom is -0.497 e. The largest absolute Gasteiger partial charge is 0.497 e. The third-order valence-electron chi connectivity index (χ3n) is 3.63. The number of nitro groups is 1. The van der Waals surface area contributed by atoms with E-state index in [1.807, 2.05) is 12.1 Å². The number of fused-ring (bicyclic) bond motifs is 1. The van der Waals surface area contributed by atoms with E-state index in [0.717, 1.165) is 11.4 Å². The summed E-state index contributed by atoms with van der Waals surface area (Å²) in [7, 11) is 1.58. The van der Waals surface area contributed by atoms with Gasteiger partial charge in [-0.1, -0.05) is 12.1 Å². The van der Waals surface area contributed by atoms with E-state index in [1.54, 1.807) is 48.6 Å². The normalized spacial score (nSPS) is 16.3. The van der Waals surface area contributed by atoms with Crippen molar-refractivity contribution in [3.63, 3.8) is 0 Å². The zero-order valence-corrected chi connectivity index (χ0v) is 11.8. The van der Waals surface area contributed by atoms with E-state index >= 15 is 0 Å². The van der Waals surface area contributed by atoms with Crippen LogP contribution in [0, 0.1) is 10.1 Å². The summed E-state index contributed by atoms with van der Waals surface area (Å²) >= 11 is 0. The number of methoxy groups -OCH3 is 1. The first kappa shape index (κ1) is 14.1. The molecular formula is C16H14N2O4. The molecule has 0 spiro atoms. The van der Waals surface area contributed by atoms with Crippen molar-refractivity contribution in [3.05, 3.63) is 69.9 Å². The molecule has 1 aliphatic rings. The van der Waals surface area contributed by atoms with Gasteiger partial charge >= 0.3 is 0 Å². The second kappa shape index (κ2) is 5.50. The van der Waals surface area contributed by atoms with Crippen molar-refractivity contribution >= 4 is 17.5 Å². The zero-order valence-electron chi connectivity index (χ0n) is 11.8. The maximum atomic E-state index is 11.1. The van der Waals surface area contributed by atoms with Crippen LogP contribution in [0.4, 0.5) is 11.4 Å². The van der Waals surface area contributed by atoms with Gasteiger partial charge in [-0.25, -0.2) is 0 Å². The van der Waals surface area contributed by atoms with Crippen molar-refractivity contribution in [2.45, 2.75) is 6.23 Å². The molecule has 1 unspecified atom stereocenters. The highest BCUT2D eigenvalue weighted by molar-refractivity contribution is 5.71. The summed E-state index contributed by atoms with van der Waals surface area (Å²) in [4.78, 5) is 12.3. The predicted molar refractivity (Wildman–Crippen MR) is 82.6 cm³/mol. The van der Waals surface area contributed by atoms with Crippen LogP contribution < -0.4 is 9.64 Å². The molecule has 6 heteroatoms. The number of benzene rings is 2. The van der Waals surface area contributed by atoms with Crippen LogP contribution in [-0.2, 0) is 0 Å². The number of hydrogen-bond acceptors (Lipinski definition) is 5. The summed E-state index contributed by atoms with van der Waals surface area (Å²) < 4.78 is 5.11. The fourth-order valence-electron chi connectivity index (χ4n) is 2.50. The van der Waals surface area contributed by atoms with Crippen LogP contribution >= 0.6 is 0 Å². The number of nitro benzene ring substituents is 1. The molecule has 0 amide bonds. The molecule has 1 aliphatic heterocycles. The van der Waals surface area contributed by atoms with Gasteiger partial charge in [-0.3, -0.25) is 10.1 Å². The van der Waals surface area contributed by atoms with Crippen LogP contribution in [0.15, 0.2) is 48.7 Å². The molecule has 0 bridgehead atoms. The predicted octanol–water partition coefficient (Wildman–Crippen LogP) is 3.09. The average Bonchev–Trinajstić information content (AvgIpc) is 2.55. The SMILES string of the molecule is COc1ccc(N2C=Cc3c(cccc3[N+](=O)[O-])C2O)cc1. The Hall–Kier alpha value is -2.86. The van der Waals surface area contributed by atoms with Crippen molar-refractivity contribution in [1.82, 2.24) is 0 Å². The molecule has 2 aromatic carbocycles. The Morgan fingerprint density at radius 1 is 1.23 bits per heavy atom. The first-order valence-corrected chi connectivity index (χ1v) is 6.68. The smallest absolute Gasteiger partial charge is 0.277 e. The highest BCUT2D eigenvalue weighted by Gasteiger charge is 2.27. The van der Waals surface area contributed by atoms with Crippen LogP contribution in [-0.4, -0.2) is 17.1 Å². The summed E-state index contributed by atoms with van der Waals surface area (Å²) in [5, 5.41) is 21.6. The van der Waals surface area contributed by atoms with Gasteiger partial charge in [0.15, 0.2) is 6.23 Å². The molecule has 1 atom stereocenters. The lowest BCUT2D eigenvalue weighted by Gasteiger charge is -2.31. The second-order valence-corrected chi connectivity index (χ2v) is 4.83. The standard InChI is InChI=1S/C16H14N2O4/c1-22-12-7-5-11(6-8-12)17-10-9-13-14(16(17)19)3-2-4-15(13)18(20)21/h2-10,16,19H,1H3. The van der Waals surface area contributed by atoms with Gasteiger partial charge in [0.05, 0.1) is 17.6 Å². The zero-order chi connectivity index (χ0) is 15.7. The van der Waals surface area contributed by atoms with Crippen molar-refractivity contribution in [1.29, 1.82) is 0 Å². The Labute approximate surface area is 127 Å². The molecule has 2 aromatic rings. The fraction of sp³-hybridized carbons (Fsp3) is 0.125. The van der Waals surface area contributed by atoms with Gasteiger partial charge in [0.2, 0.25) is 0 Å². The quantitative estimate of drug-likeness (QED) is 0.696. The van der Waals surface area contributed by atoms with E-state index in [0.29, 0.717) is 11.1 Å². The molecule has 0 radical (unpaired) electrons. The Morgan fingerprint density at radius 3 is 2.59 bits per heavy atom. The van der Waals surface area contributed by atoms with E-state index < -0.39 is 11.2 Å². The molecule has 3 rings (SSSR count). The van der Waals surface area contributed by atoms with E-state index in [2.05, 4.69) is 0 Å². The monoisotopic (exact) mass is 298 g/mol. The van der Waals surface area contributed by atoms with Gasteiger partial charge in [0, 0.05) is 23.5 Å². The lowest BCUT2D eigenvalue weighted by Crippen LogP contribution is -2.26. The van der Waals surface area contributed by atoms with E-state index in [-0.39, 0.29) is 5.69 Å². The van der Waals surface area contributed by atoms with Crippen LogP contribution in [0.1, 0.15) is 17.4 Å². The molecule has 0 saturated carbocycles. The fourth-order valence-corrected chi connectivity index (χ4v) is 2.50. The summed E-state index contributed by atoms with van der Waals surface area (Å²) in [5.74, 6) is 0.718. The van der Waals surface area contributed by atoms with Gasteiger partial charge in [0.25, 0.3) is 5.69 Å². The Balaban J connectivity index is 2.00. The molecule has 0 aliphatic carbocycles. The van der Waals surface area contributed by atoms with Gasteiger partial charge in [-0.15, -0.1) is 0 Å². The molecule has 0 saturated heterocycles. The summed E-state index contributed by atoms with van der Waals surface area (Å²) in [6.45, 7) is 0. The first-order chi connectivity index (χ1) is 10.6. The second-order valence-electron chi connectivity index (χ2n) is 4.83. The van der Waals surface area contributed by atoms with Gasteiger partial charge < -0.3 is 14.7 Å². The molecule has 0 fully saturated rings. The molecule has 1 N–H and O–H groups in total. The van der Waals surface area contributed by atoms with E-state index in [1.165, 1.54) is 6.07 Å². The highest BCUT2D eigenvalue weighted by atomic mass is 16.6. The van der Waals surface area contributed by atoms with Crippen molar-refractivity contribution < 1.29 is 14.8 Å². The number of hydrogen-bond donors (Lipinski definition) is 1. The third kappa shape index (κ3) is 2.29. The summed E-state index contributed by atoms with van der Waals surface area (Å²) in [6.07, 6.45) is 2.31. The van der Waals surface area contributed by atoms with Gasteiger partial charge in [0.1, 0.15) is 5.75 Å². The van der Waals surface area contributed by atoms with Crippen LogP contribution in [0.25, 0.3) is 6.08 Å². The van der Waals surface area contributed by atoms with Crippen LogP contribution in [0.5, 0.6) is 5.75 Å². The first-order valence-electron chi connectivity index (χ1n) is 6.68. The number of rotatable bonds is 3. The van der Waals surface area contributed by atoms with Crippen molar-refractivity contribution in [3.8, 4) is 5.75 Å². The Morgan fingerprint density at radius 2 is 1.95 bits per heavy atom. The molecule has 1 heterocycles.